The SMILES string of the molecule is CO[C@H]1CN(C(=O)c2ccccc2-n2nccn2)C(C)(c2nc3cc(Cl)ccc3n2C)C1. The van der Waals surface area contributed by atoms with Crippen LogP contribution < -0.4 is 0 Å². The Bertz CT molecular complexity index is 1300. The lowest BCUT2D eigenvalue weighted by molar-refractivity contribution is 0.0585. The molecule has 0 saturated carbocycles. The third-order valence-corrected chi connectivity index (χ3v) is 6.51. The second kappa shape index (κ2) is 7.72. The zero-order valence-electron chi connectivity index (χ0n) is 18.1. The number of carbonyl (C=O) groups is 1. The van der Waals surface area contributed by atoms with E-state index >= 15 is 0 Å². The molecule has 1 unspecified atom stereocenters. The van der Waals surface area contributed by atoms with E-state index in [1.54, 1.807) is 25.6 Å². The molecule has 2 aromatic heterocycles. The number of nitrogens with zero attached hydrogens (tertiary/aromatic N) is 6. The molecular formula is C23H23ClN6O2. The summed E-state index contributed by atoms with van der Waals surface area (Å²) in [6, 6.07) is 13.0. The van der Waals surface area contributed by atoms with Crippen LogP contribution in [0.3, 0.4) is 0 Å². The summed E-state index contributed by atoms with van der Waals surface area (Å²) in [6.45, 7) is 2.50. The summed E-state index contributed by atoms with van der Waals surface area (Å²) in [7, 11) is 3.64. The number of methoxy groups -OCH3 is 1. The van der Waals surface area contributed by atoms with Crippen molar-refractivity contribution in [3.63, 3.8) is 0 Å². The van der Waals surface area contributed by atoms with Crippen LogP contribution in [0.2, 0.25) is 5.02 Å². The molecule has 1 aliphatic heterocycles. The monoisotopic (exact) mass is 450 g/mol. The minimum absolute atomic E-state index is 0.109. The van der Waals surface area contributed by atoms with E-state index in [0.29, 0.717) is 29.2 Å². The number of halogens is 1. The number of imidazole rings is 1. The number of carbonyl (C=O) groups excluding carboxylic acids is 1. The molecule has 1 aliphatic rings. The van der Waals surface area contributed by atoms with Gasteiger partial charge in [-0.2, -0.15) is 15.0 Å². The molecule has 1 fully saturated rings. The number of aromatic nitrogens is 5. The first-order chi connectivity index (χ1) is 15.4. The molecule has 1 saturated heterocycles. The molecule has 2 aromatic carbocycles. The third kappa shape index (κ3) is 3.18. The van der Waals surface area contributed by atoms with Crippen LogP contribution >= 0.6 is 11.6 Å². The van der Waals surface area contributed by atoms with Gasteiger partial charge in [0.2, 0.25) is 0 Å². The van der Waals surface area contributed by atoms with Crippen molar-refractivity contribution in [2.75, 3.05) is 13.7 Å². The highest BCUT2D eigenvalue weighted by Gasteiger charge is 2.49. The summed E-state index contributed by atoms with van der Waals surface area (Å²) in [6.07, 6.45) is 3.70. The number of ether oxygens (including phenoxy) is 1. The normalized spacial score (nSPS) is 20.9. The number of likely N-dealkylation sites (tertiary alicyclic amines) is 1. The molecule has 0 aliphatic carbocycles. The maximum absolute atomic E-state index is 13.9. The van der Waals surface area contributed by atoms with E-state index in [0.717, 1.165) is 16.9 Å². The molecule has 3 heterocycles. The smallest absolute Gasteiger partial charge is 0.257 e. The zero-order valence-corrected chi connectivity index (χ0v) is 18.8. The molecule has 5 rings (SSSR count). The van der Waals surface area contributed by atoms with Crippen molar-refractivity contribution in [1.82, 2.24) is 29.4 Å². The van der Waals surface area contributed by atoms with E-state index in [-0.39, 0.29) is 12.0 Å². The molecule has 0 N–H and O–H groups in total. The molecule has 1 amide bonds. The Morgan fingerprint density at radius 3 is 2.69 bits per heavy atom. The van der Waals surface area contributed by atoms with Crippen molar-refractivity contribution in [3.05, 3.63) is 71.3 Å². The lowest BCUT2D eigenvalue weighted by atomic mass is 9.95. The van der Waals surface area contributed by atoms with Gasteiger partial charge in [0, 0.05) is 32.1 Å². The fourth-order valence-electron chi connectivity index (χ4n) is 4.67. The first-order valence-electron chi connectivity index (χ1n) is 10.4. The van der Waals surface area contributed by atoms with Crippen molar-refractivity contribution in [1.29, 1.82) is 0 Å². The Hall–Kier alpha value is -3.23. The van der Waals surface area contributed by atoms with Gasteiger partial charge in [0.1, 0.15) is 11.4 Å². The number of hydrogen-bond donors (Lipinski definition) is 0. The van der Waals surface area contributed by atoms with E-state index in [2.05, 4.69) is 10.2 Å². The first kappa shape index (κ1) is 20.7. The number of amides is 1. The fraction of sp³-hybridized carbons (Fsp3) is 0.304. The number of fused-ring (bicyclic) bond motifs is 1. The van der Waals surface area contributed by atoms with Gasteiger partial charge < -0.3 is 14.2 Å². The Kier molecular flexibility index (Phi) is 4.98. The van der Waals surface area contributed by atoms with E-state index < -0.39 is 5.54 Å². The fourth-order valence-corrected chi connectivity index (χ4v) is 4.84. The molecule has 0 spiro atoms. The predicted octanol–water partition coefficient (Wildman–Crippen LogP) is 3.58. The maximum atomic E-state index is 13.9. The summed E-state index contributed by atoms with van der Waals surface area (Å²) in [5.41, 5.74) is 2.23. The van der Waals surface area contributed by atoms with E-state index in [1.165, 1.54) is 4.80 Å². The molecular weight excluding hydrogens is 428 g/mol. The maximum Gasteiger partial charge on any atom is 0.257 e. The lowest BCUT2D eigenvalue weighted by Crippen LogP contribution is -2.44. The summed E-state index contributed by atoms with van der Waals surface area (Å²) < 4.78 is 7.73. The van der Waals surface area contributed by atoms with Gasteiger partial charge in [-0.05, 0) is 37.3 Å². The minimum Gasteiger partial charge on any atom is -0.380 e. The van der Waals surface area contributed by atoms with Crippen LogP contribution in [0, 0.1) is 0 Å². The van der Waals surface area contributed by atoms with Crippen LogP contribution in [-0.4, -0.2) is 55.1 Å². The van der Waals surface area contributed by atoms with Gasteiger partial charge >= 0.3 is 0 Å². The highest BCUT2D eigenvalue weighted by molar-refractivity contribution is 6.31. The molecule has 9 heteroatoms. The minimum atomic E-state index is -0.678. The standard InChI is InChI=1S/C23H23ClN6O2/c1-23(22-27-18-12-15(24)8-9-20(18)28(22)2)13-16(32-3)14-29(23)21(31)17-6-4-5-7-19(17)30-25-10-11-26-30/h4-12,16H,13-14H2,1-3H3/t16-,23?/m1/s1. The predicted molar refractivity (Wildman–Crippen MR) is 121 cm³/mol. The summed E-state index contributed by atoms with van der Waals surface area (Å²) in [5.74, 6) is 0.669. The van der Waals surface area contributed by atoms with Crippen LogP contribution in [0.15, 0.2) is 54.9 Å². The van der Waals surface area contributed by atoms with Crippen LogP contribution in [0.1, 0.15) is 29.5 Å². The van der Waals surface area contributed by atoms with Crippen LogP contribution in [0.25, 0.3) is 16.7 Å². The molecule has 0 bridgehead atoms. The highest BCUT2D eigenvalue weighted by atomic mass is 35.5. The Morgan fingerprint density at radius 2 is 1.94 bits per heavy atom. The summed E-state index contributed by atoms with van der Waals surface area (Å²) in [4.78, 5) is 22.1. The van der Waals surface area contributed by atoms with Crippen LogP contribution in [-0.2, 0) is 17.3 Å². The molecule has 164 valence electrons. The van der Waals surface area contributed by atoms with E-state index in [1.807, 2.05) is 59.8 Å². The topological polar surface area (TPSA) is 78.1 Å². The summed E-state index contributed by atoms with van der Waals surface area (Å²) in [5, 5.41) is 9.06. The van der Waals surface area contributed by atoms with E-state index in [4.69, 9.17) is 21.3 Å². The van der Waals surface area contributed by atoms with Gasteiger partial charge in [-0.3, -0.25) is 4.79 Å². The Morgan fingerprint density at radius 1 is 1.19 bits per heavy atom. The highest BCUT2D eigenvalue weighted by Crippen LogP contribution is 2.41. The van der Waals surface area contributed by atoms with Crippen molar-refractivity contribution in [3.8, 4) is 5.69 Å². The van der Waals surface area contributed by atoms with Gasteiger partial charge in [0.05, 0.1) is 40.8 Å². The van der Waals surface area contributed by atoms with Gasteiger partial charge in [0.25, 0.3) is 5.91 Å². The largest absolute Gasteiger partial charge is 0.380 e. The second-order valence-electron chi connectivity index (χ2n) is 8.21. The number of aryl methyl sites for hydroxylation is 1. The average Bonchev–Trinajstić information content (AvgIpc) is 3.52. The molecule has 2 atom stereocenters. The van der Waals surface area contributed by atoms with Gasteiger partial charge in [0.15, 0.2) is 0 Å². The molecule has 8 nitrogen and oxygen atoms in total. The lowest BCUT2D eigenvalue weighted by Gasteiger charge is -2.34. The Labute approximate surface area is 190 Å². The third-order valence-electron chi connectivity index (χ3n) is 6.28. The van der Waals surface area contributed by atoms with Crippen LogP contribution in [0.4, 0.5) is 0 Å². The quantitative estimate of drug-likeness (QED) is 0.475. The molecule has 0 radical (unpaired) electrons. The Balaban J connectivity index is 1.63. The van der Waals surface area contributed by atoms with Gasteiger partial charge in [-0.25, -0.2) is 4.98 Å². The number of benzene rings is 2. The summed E-state index contributed by atoms with van der Waals surface area (Å²) >= 11 is 6.20. The average molecular weight is 451 g/mol. The zero-order chi connectivity index (χ0) is 22.5. The number of rotatable bonds is 4. The van der Waals surface area contributed by atoms with Gasteiger partial charge in [-0.15, -0.1) is 0 Å². The second-order valence-corrected chi connectivity index (χ2v) is 8.65. The molecule has 32 heavy (non-hydrogen) atoms. The van der Waals surface area contributed by atoms with Crippen molar-refractivity contribution in [2.24, 2.45) is 7.05 Å². The number of para-hydroxylation sites is 1. The van der Waals surface area contributed by atoms with Gasteiger partial charge in [-0.1, -0.05) is 23.7 Å². The van der Waals surface area contributed by atoms with Crippen molar-refractivity contribution < 1.29 is 9.53 Å². The first-order valence-corrected chi connectivity index (χ1v) is 10.7. The van der Waals surface area contributed by atoms with Crippen LogP contribution in [0.5, 0.6) is 0 Å². The van der Waals surface area contributed by atoms with E-state index in [9.17, 15) is 4.79 Å². The van der Waals surface area contributed by atoms with Crippen molar-refractivity contribution in [2.45, 2.75) is 25.0 Å². The number of hydrogen-bond acceptors (Lipinski definition) is 5. The molecule has 4 aromatic rings. The van der Waals surface area contributed by atoms with Crippen molar-refractivity contribution >= 4 is 28.5 Å².